The summed E-state index contributed by atoms with van der Waals surface area (Å²) in [7, 11) is 4.02. The minimum absolute atomic E-state index is 0.228. The molecule has 0 aliphatic rings. The Labute approximate surface area is 122 Å². The first-order chi connectivity index (χ1) is 9.54. The van der Waals surface area contributed by atoms with Gasteiger partial charge in [0.25, 0.3) is 5.91 Å². The second kappa shape index (κ2) is 6.45. The maximum absolute atomic E-state index is 11.9. The summed E-state index contributed by atoms with van der Waals surface area (Å²) < 4.78 is 0. The summed E-state index contributed by atoms with van der Waals surface area (Å²) in [5.74, 6) is -0.311. The number of halogens is 1. The van der Waals surface area contributed by atoms with Crippen LogP contribution in [-0.2, 0) is 6.54 Å². The molecule has 0 spiro atoms. The predicted octanol–water partition coefficient (Wildman–Crippen LogP) is 2.44. The van der Waals surface area contributed by atoms with Crippen molar-refractivity contribution in [3.63, 3.8) is 0 Å². The van der Waals surface area contributed by atoms with Crippen molar-refractivity contribution >= 4 is 23.2 Å². The fourth-order valence-electron chi connectivity index (χ4n) is 1.69. The first-order valence-corrected chi connectivity index (χ1v) is 6.46. The van der Waals surface area contributed by atoms with E-state index < -0.39 is 0 Å². The molecule has 6 heteroatoms. The monoisotopic (exact) mass is 290 g/mol. The Morgan fingerprint density at radius 3 is 2.40 bits per heavy atom. The highest BCUT2D eigenvalue weighted by molar-refractivity contribution is 6.29. The summed E-state index contributed by atoms with van der Waals surface area (Å²) in [5.41, 5.74) is 2.13. The minimum Gasteiger partial charge on any atom is -0.321 e. The lowest BCUT2D eigenvalue weighted by atomic mass is 10.2. The van der Waals surface area contributed by atoms with Crippen LogP contribution in [0.1, 0.15) is 16.1 Å². The molecular formula is C14H15ClN4O. The van der Waals surface area contributed by atoms with Crippen LogP contribution in [0.4, 0.5) is 5.69 Å². The largest absolute Gasteiger partial charge is 0.321 e. The lowest BCUT2D eigenvalue weighted by Gasteiger charge is -2.10. The Morgan fingerprint density at radius 2 is 1.85 bits per heavy atom. The van der Waals surface area contributed by atoms with Crippen molar-refractivity contribution in [2.45, 2.75) is 6.54 Å². The van der Waals surface area contributed by atoms with Gasteiger partial charge in [0.1, 0.15) is 0 Å². The number of anilines is 1. The summed E-state index contributed by atoms with van der Waals surface area (Å²) >= 11 is 5.63. The van der Waals surface area contributed by atoms with Gasteiger partial charge in [-0.2, -0.15) is 0 Å². The molecule has 2 aromatic rings. The molecule has 0 unspecified atom stereocenters. The van der Waals surface area contributed by atoms with Crippen LogP contribution in [0.15, 0.2) is 36.4 Å². The number of hydrogen-bond donors (Lipinski definition) is 1. The zero-order valence-corrected chi connectivity index (χ0v) is 12.1. The molecule has 1 heterocycles. The minimum atomic E-state index is -0.311. The third-order valence-electron chi connectivity index (χ3n) is 2.58. The number of rotatable bonds is 4. The second-order valence-corrected chi connectivity index (χ2v) is 5.02. The number of hydrogen-bond acceptors (Lipinski definition) is 4. The zero-order valence-electron chi connectivity index (χ0n) is 11.3. The molecule has 0 radical (unpaired) electrons. The van der Waals surface area contributed by atoms with E-state index in [1.165, 1.54) is 17.7 Å². The highest BCUT2D eigenvalue weighted by Crippen LogP contribution is 2.12. The number of carbonyl (C=O) groups excluding carboxylic acids is 1. The van der Waals surface area contributed by atoms with Crippen LogP contribution in [-0.4, -0.2) is 35.1 Å². The van der Waals surface area contributed by atoms with Crippen molar-refractivity contribution in [2.75, 3.05) is 19.4 Å². The van der Waals surface area contributed by atoms with Crippen molar-refractivity contribution in [1.29, 1.82) is 0 Å². The molecule has 5 nitrogen and oxygen atoms in total. The van der Waals surface area contributed by atoms with E-state index >= 15 is 0 Å². The molecule has 0 aliphatic carbocycles. The van der Waals surface area contributed by atoms with Crippen molar-refractivity contribution in [2.24, 2.45) is 0 Å². The fourth-order valence-corrected chi connectivity index (χ4v) is 1.79. The van der Waals surface area contributed by atoms with Gasteiger partial charge in [0.05, 0.1) is 0 Å². The lowest BCUT2D eigenvalue weighted by Crippen LogP contribution is -2.14. The molecule has 2 rings (SSSR count). The maximum atomic E-state index is 11.9. The van der Waals surface area contributed by atoms with E-state index in [1.54, 1.807) is 0 Å². The summed E-state index contributed by atoms with van der Waals surface area (Å²) in [4.78, 5) is 14.0. The van der Waals surface area contributed by atoms with Crippen molar-refractivity contribution in [3.8, 4) is 0 Å². The Kier molecular flexibility index (Phi) is 4.65. The highest BCUT2D eigenvalue weighted by atomic mass is 35.5. The summed E-state index contributed by atoms with van der Waals surface area (Å²) in [5, 5.41) is 10.4. The predicted molar refractivity (Wildman–Crippen MR) is 78.8 cm³/mol. The number of nitrogens with zero attached hydrogens (tertiary/aromatic N) is 3. The summed E-state index contributed by atoms with van der Waals surface area (Å²) in [6.07, 6.45) is 0. The normalized spacial score (nSPS) is 10.6. The Balaban J connectivity index is 2.02. The SMILES string of the molecule is CN(C)Cc1ccc(NC(=O)c2ccc(Cl)nn2)cc1. The molecule has 1 aromatic heterocycles. The topological polar surface area (TPSA) is 58.1 Å². The van der Waals surface area contributed by atoms with Gasteiger partial charge in [0, 0.05) is 12.2 Å². The molecular weight excluding hydrogens is 276 g/mol. The van der Waals surface area contributed by atoms with Gasteiger partial charge >= 0.3 is 0 Å². The van der Waals surface area contributed by atoms with Gasteiger partial charge in [-0.15, -0.1) is 10.2 Å². The molecule has 0 bridgehead atoms. The van der Waals surface area contributed by atoms with Gasteiger partial charge < -0.3 is 10.2 Å². The Hall–Kier alpha value is -1.98. The number of aromatic nitrogens is 2. The molecule has 0 atom stereocenters. The van der Waals surface area contributed by atoms with E-state index in [0.29, 0.717) is 5.69 Å². The third kappa shape index (κ3) is 4.01. The smallest absolute Gasteiger partial charge is 0.276 e. The van der Waals surface area contributed by atoms with Gasteiger partial charge in [-0.05, 0) is 43.9 Å². The summed E-state index contributed by atoms with van der Waals surface area (Å²) in [6, 6.07) is 10.7. The van der Waals surface area contributed by atoms with Gasteiger partial charge in [-0.25, -0.2) is 0 Å². The van der Waals surface area contributed by atoms with Crippen molar-refractivity contribution < 1.29 is 4.79 Å². The molecule has 0 fully saturated rings. The van der Waals surface area contributed by atoms with E-state index in [9.17, 15) is 4.79 Å². The molecule has 104 valence electrons. The number of benzene rings is 1. The Bertz CT molecular complexity index is 581. The average Bonchev–Trinajstić information content (AvgIpc) is 2.41. The van der Waals surface area contributed by atoms with Crippen molar-refractivity contribution in [1.82, 2.24) is 15.1 Å². The number of nitrogens with one attached hydrogen (secondary N) is 1. The molecule has 0 saturated heterocycles. The van der Waals surface area contributed by atoms with Crippen LogP contribution in [0.2, 0.25) is 5.15 Å². The van der Waals surface area contributed by atoms with Crippen LogP contribution < -0.4 is 5.32 Å². The first kappa shape index (κ1) is 14.4. The quantitative estimate of drug-likeness (QED) is 0.940. The molecule has 20 heavy (non-hydrogen) atoms. The van der Waals surface area contributed by atoms with Crippen LogP contribution in [0.3, 0.4) is 0 Å². The number of carbonyl (C=O) groups is 1. The van der Waals surface area contributed by atoms with E-state index in [0.717, 1.165) is 6.54 Å². The third-order valence-corrected chi connectivity index (χ3v) is 2.78. The van der Waals surface area contributed by atoms with Crippen LogP contribution >= 0.6 is 11.6 Å². The van der Waals surface area contributed by atoms with Crippen molar-refractivity contribution in [3.05, 3.63) is 52.8 Å². The first-order valence-electron chi connectivity index (χ1n) is 6.09. The van der Waals surface area contributed by atoms with E-state index in [4.69, 9.17) is 11.6 Å². The van der Waals surface area contributed by atoms with Gasteiger partial charge in [-0.1, -0.05) is 23.7 Å². The molecule has 0 aliphatic heterocycles. The number of amides is 1. The van der Waals surface area contributed by atoms with Gasteiger partial charge in [-0.3, -0.25) is 4.79 Å². The molecule has 0 saturated carbocycles. The zero-order chi connectivity index (χ0) is 14.5. The van der Waals surface area contributed by atoms with E-state index in [-0.39, 0.29) is 16.8 Å². The standard InChI is InChI=1S/C14H15ClN4O/c1-19(2)9-10-3-5-11(6-4-10)16-14(20)12-7-8-13(15)18-17-12/h3-8H,9H2,1-2H3,(H,16,20). The molecule has 1 amide bonds. The van der Waals surface area contributed by atoms with E-state index in [2.05, 4.69) is 20.4 Å². The van der Waals surface area contributed by atoms with Crippen LogP contribution in [0.25, 0.3) is 0 Å². The van der Waals surface area contributed by atoms with Crippen LogP contribution in [0.5, 0.6) is 0 Å². The van der Waals surface area contributed by atoms with E-state index in [1.807, 2.05) is 38.4 Å². The van der Waals surface area contributed by atoms with Gasteiger partial charge in [0.2, 0.25) is 0 Å². The highest BCUT2D eigenvalue weighted by Gasteiger charge is 2.08. The second-order valence-electron chi connectivity index (χ2n) is 4.63. The molecule has 1 N–H and O–H groups in total. The Morgan fingerprint density at radius 1 is 1.15 bits per heavy atom. The van der Waals surface area contributed by atoms with Gasteiger partial charge in [0.15, 0.2) is 10.8 Å². The maximum Gasteiger partial charge on any atom is 0.276 e. The lowest BCUT2D eigenvalue weighted by molar-refractivity contribution is 0.102. The fraction of sp³-hybridized carbons (Fsp3) is 0.214. The molecule has 1 aromatic carbocycles. The summed E-state index contributed by atoms with van der Waals surface area (Å²) in [6.45, 7) is 0.858. The van der Waals surface area contributed by atoms with Crippen LogP contribution in [0, 0.1) is 0 Å². The average molecular weight is 291 g/mol.